The topological polar surface area (TPSA) is 72.2 Å². The van der Waals surface area contributed by atoms with E-state index in [1.165, 1.54) is 0 Å². The summed E-state index contributed by atoms with van der Waals surface area (Å²) in [6, 6.07) is 6.77. The van der Waals surface area contributed by atoms with E-state index in [1.807, 2.05) is 12.1 Å². The number of rotatable bonds is 6. The van der Waals surface area contributed by atoms with Crippen LogP contribution < -0.4 is 10.5 Å². The molecule has 0 aliphatic rings. The summed E-state index contributed by atoms with van der Waals surface area (Å²) in [5, 5.41) is 0. The molecule has 1 rings (SSSR count). The summed E-state index contributed by atoms with van der Waals surface area (Å²) in [5.74, 6) is 0.442. The van der Waals surface area contributed by atoms with Crippen LogP contribution in [0.2, 0.25) is 0 Å². The zero-order chi connectivity index (χ0) is 13.8. The van der Waals surface area contributed by atoms with Crippen molar-refractivity contribution in [2.75, 3.05) is 6.54 Å². The summed E-state index contributed by atoms with van der Waals surface area (Å²) in [4.78, 5) is 0.287. The molecule has 4 nitrogen and oxygen atoms in total. The van der Waals surface area contributed by atoms with Gasteiger partial charge in [0.1, 0.15) is 0 Å². The summed E-state index contributed by atoms with van der Waals surface area (Å²) in [7, 11) is -3.45. The second-order valence-corrected chi connectivity index (χ2v) is 6.35. The van der Waals surface area contributed by atoms with Crippen LogP contribution in [0.1, 0.15) is 38.7 Å². The van der Waals surface area contributed by atoms with E-state index in [-0.39, 0.29) is 17.5 Å². The van der Waals surface area contributed by atoms with Gasteiger partial charge in [-0.1, -0.05) is 26.0 Å². The highest BCUT2D eigenvalue weighted by molar-refractivity contribution is 7.89. The second kappa shape index (κ2) is 6.31. The Morgan fingerprint density at radius 1 is 1.22 bits per heavy atom. The van der Waals surface area contributed by atoms with Gasteiger partial charge in [-0.3, -0.25) is 0 Å². The Bertz CT molecular complexity index is 468. The lowest BCUT2D eigenvalue weighted by molar-refractivity contribution is 0.562. The molecule has 0 heterocycles. The first-order chi connectivity index (χ1) is 8.40. The summed E-state index contributed by atoms with van der Waals surface area (Å²) in [5.41, 5.74) is 6.57. The lowest BCUT2D eigenvalue weighted by Crippen LogP contribution is -2.37. The number of sulfonamides is 1. The van der Waals surface area contributed by atoms with Crippen LogP contribution in [0.15, 0.2) is 29.2 Å². The van der Waals surface area contributed by atoms with Crippen LogP contribution in [-0.2, 0) is 10.0 Å². The Kier molecular flexibility index (Phi) is 5.31. The molecule has 0 radical (unpaired) electrons. The standard InChI is InChI=1S/C13H22N2O2S/c1-4-10(2)12-5-7-13(8-6-12)18(16,17)15-11(3)9-14/h5-8,10-11,15H,4,9,14H2,1-3H3/t10?,11-/m0/s1. The van der Waals surface area contributed by atoms with E-state index >= 15 is 0 Å². The van der Waals surface area contributed by atoms with Crippen molar-refractivity contribution in [3.63, 3.8) is 0 Å². The van der Waals surface area contributed by atoms with Crippen molar-refractivity contribution in [1.29, 1.82) is 0 Å². The van der Waals surface area contributed by atoms with Crippen molar-refractivity contribution in [1.82, 2.24) is 4.72 Å². The van der Waals surface area contributed by atoms with Gasteiger partial charge in [0.05, 0.1) is 4.90 Å². The molecule has 1 unspecified atom stereocenters. The first-order valence-electron chi connectivity index (χ1n) is 6.23. The summed E-state index contributed by atoms with van der Waals surface area (Å²) in [6.45, 7) is 6.26. The van der Waals surface area contributed by atoms with Crippen molar-refractivity contribution >= 4 is 10.0 Å². The van der Waals surface area contributed by atoms with E-state index in [9.17, 15) is 8.42 Å². The van der Waals surface area contributed by atoms with E-state index in [0.29, 0.717) is 5.92 Å². The van der Waals surface area contributed by atoms with E-state index in [2.05, 4.69) is 18.6 Å². The molecule has 0 saturated heterocycles. The molecule has 0 spiro atoms. The Labute approximate surface area is 110 Å². The van der Waals surface area contributed by atoms with E-state index < -0.39 is 10.0 Å². The van der Waals surface area contributed by atoms with Gasteiger partial charge < -0.3 is 5.73 Å². The average molecular weight is 270 g/mol. The second-order valence-electron chi connectivity index (χ2n) is 4.64. The number of nitrogens with one attached hydrogen (secondary N) is 1. The fourth-order valence-corrected chi connectivity index (χ4v) is 2.85. The highest BCUT2D eigenvalue weighted by atomic mass is 32.2. The molecule has 5 heteroatoms. The van der Waals surface area contributed by atoms with Crippen LogP contribution in [0.25, 0.3) is 0 Å². The summed E-state index contributed by atoms with van der Waals surface area (Å²) in [6.07, 6.45) is 1.04. The Morgan fingerprint density at radius 3 is 2.22 bits per heavy atom. The van der Waals surface area contributed by atoms with Gasteiger partial charge >= 0.3 is 0 Å². The van der Waals surface area contributed by atoms with E-state index in [0.717, 1.165) is 12.0 Å². The smallest absolute Gasteiger partial charge is 0.240 e. The fraction of sp³-hybridized carbons (Fsp3) is 0.538. The van der Waals surface area contributed by atoms with Gasteiger partial charge in [0.2, 0.25) is 10.0 Å². The van der Waals surface area contributed by atoms with Crippen LogP contribution in [0.4, 0.5) is 0 Å². The molecule has 1 aromatic rings. The minimum Gasteiger partial charge on any atom is -0.329 e. The van der Waals surface area contributed by atoms with Crippen LogP contribution >= 0.6 is 0 Å². The summed E-state index contributed by atoms with van der Waals surface area (Å²) < 4.78 is 26.5. The van der Waals surface area contributed by atoms with Crippen LogP contribution in [-0.4, -0.2) is 21.0 Å². The largest absolute Gasteiger partial charge is 0.329 e. The third kappa shape index (κ3) is 3.80. The normalized spacial score (nSPS) is 15.3. The van der Waals surface area contributed by atoms with Gasteiger partial charge in [0.15, 0.2) is 0 Å². The molecular formula is C13H22N2O2S. The van der Waals surface area contributed by atoms with Crippen molar-refractivity contribution < 1.29 is 8.42 Å². The quantitative estimate of drug-likeness (QED) is 0.828. The van der Waals surface area contributed by atoms with E-state index in [1.54, 1.807) is 19.1 Å². The molecule has 1 aromatic carbocycles. The molecule has 0 bridgehead atoms. The number of hydrogen-bond acceptors (Lipinski definition) is 3. The monoisotopic (exact) mass is 270 g/mol. The predicted molar refractivity (Wildman–Crippen MR) is 74.0 cm³/mol. The minimum atomic E-state index is -3.45. The van der Waals surface area contributed by atoms with Gasteiger partial charge in [-0.2, -0.15) is 0 Å². The maximum absolute atomic E-state index is 12.0. The van der Waals surface area contributed by atoms with Crippen LogP contribution in [0, 0.1) is 0 Å². The first-order valence-corrected chi connectivity index (χ1v) is 7.71. The number of hydrogen-bond donors (Lipinski definition) is 2. The van der Waals surface area contributed by atoms with Gasteiger partial charge in [0, 0.05) is 12.6 Å². The average Bonchev–Trinajstić information content (AvgIpc) is 2.37. The first kappa shape index (κ1) is 15.1. The Balaban J connectivity index is 2.91. The molecule has 3 N–H and O–H groups in total. The van der Waals surface area contributed by atoms with Crippen molar-refractivity contribution in [3.8, 4) is 0 Å². The lowest BCUT2D eigenvalue weighted by atomic mass is 9.99. The third-order valence-corrected chi connectivity index (χ3v) is 4.69. The highest BCUT2D eigenvalue weighted by Crippen LogP contribution is 2.20. The molecular weight excluding hydrogens is 248 g/mol. The molecule has 0 fully saturated rings. The zero-order valence-corrected chi connectivity index (χ0v) is 12.0. The van der Waals surface area contributed by atoms with Crippen LogP contribution in [0.3, 0.4) is 0 Å². The molecule has 0 amide bonds. The molecule has 0 aliphatic carbocycles. The maximum Gasteiger partial charge on any atom is 0.240 e. The van der Waals surface area contributed by atoms with Gasteiger partial charge in [0.25, 0.3) is 0 Å². The lowest BCUT2D eigenvalue weighted by Gasteiger charge is -2.13. The summed E-state index contributed by atoms with van der Waals surface area (Å²) >= 11 is 0. The molecule has 0 aromatic heterocycles. The Morgan fingerprint density at radius 2 is 1.78 bits per heavy atom. The predicted octanol–water partition coefficient (Wildman–Crippen LogP) is 1.83. The molecule has 18 heavy (non-hydrogen) atoms. The molecule has 0 saturated carbocycles. The van der Waals surface area contributed by atoms with Crippen LogP contribution in [0.5, 0.6) is 0 Å². The van der Waals surface area contributed by atoms with Crippen molar-refractivity contribution in [2.45, 2.75) is 44.0 Å². The molecule has 102 valence electrons. The van der Waals surface area contributed by atoms with Gasteiger partial charge in [-0.15, -0.1) is 0 Å². The highest BCUT2D eigenvalue weighted by Gasteiger charge is 2.16. The molecule has 2 atom stereocenters. The van der Waals surface area contributed by atoms with Gasteiger partial charge in [-0.25, -0.2) is 13.1 Å². The fourth-order valence-electron chi connectivity index (χ4n) is 1.59. The third-order valence-electron chi connectivity index (χ3n) is 3.08. The maximum atomic E-state index is 12.0. The zero-order valence-electron chi connectivity index (χ0n) is 11.2. The SMILES string of the molecule is CCC(C)c1ccc(S(=O)(=O)N[C@@H](C)CN)cc1. The van der Waals surface area contributed by atoms with Gasteiger partial charge in [-0.05, 0) is 37.0 Å². The van der Waals surface area contributed by atoms with Crippen molar-refractivity contribution in [2.24, 2.45) is 5.73 Å². The Hall–Kier alpha value is -0.910. The number of benzene rings is 1. The molecule has 0 aliphatic heterocycles. The number of nitrogens with two attached hydrogens (primary N) is 1. The minimum absolute atomic E-state index is 0.260. The van der Waals surface area contributed by atoms with Crippen molar-refractivity contribution in [3.05, 3.63) is 29.8 Å². The van der Waals surface area contributed by atoms with E-state index in [4.69, 9.17) is 5.73 Å².